The molecule has 0 bridgehead atoms. The van der Waals surface area contributed by atoms with Gasteiger partial charge in [0.25, 0.3) is 0 Å². The minimum atomic E-state index is -3.55. The number of nitrogens with one attached hydrogen (secondary N) is 1. The number of benzene rings is 1. The maximum Gasteiger partial charge on any atom is 0.234 e. The fraction of sp³-hybridized carbons (Fsp3) is 0.133. The van der Waals surface area contributed by atoms with Crippen LogP contribution in [0.5, 0.6) is 0 Å². The van der Waals surface area contributed by atoms with Crippen LogP contribution in [0.2, 0.25) is 0 Å². The van der Waals surface area contributed by atoms with Gasteiger partial charge in [0, 0.05) is 11.4 Å². The Balaban J connectivity index is 2.09. The van der Waals surface area contributed by atoms with E-state index in [2.05, 4.69) is 9.71 Å². The summed E-state index contributed by atoms with van der Waals surface area (Å²) in [4.78, 5) is 4.01. The molecule has 0 aliphatic rings. The first kappa shape index (κ1) is 15.5. The van der Waals surface area contributed by atoms with Crippen LogP contribution in [0.1, 0.15) is 24.2 Å². The molecule has 0 spiro atoms. The van der Waals surface area contributed by atoms with E-state index >= 15 is 0 Å². The molecule has 0 saturated heterocycles. The Morgan fingerprint density at radius 3 is 2.52 bits per heavy atom. The van der Waals surface area contributed by atoms with Crippen molar-refractivity contribution in [1.82, 2.24) is 9.71 Å². The predicted octanol–water partition coefficient (Wildman–Crippen LogP) is 1.53. The quantitative estimate of drug-likeness (QED) is 0.852. The van der Waals surface area contributed by atoms with Gasteiger partial charge in [0.05, 0.1) is 5.69 Å². The number of sulfonamides is 1. The molecule has 21 heavy (non-hydrogen) atoms. The molecule has 1 heterocycles. The van der Waals surface area contributed by atoms with Gasteiger partial charge in [0.15, 0.2) is 0 Å². The third-order valence-corrected chi connectivity index (χ3v) is 4.03. The molecule has 1 aromatic heterocycles. The van der Waals surface area contributed by atoms with Crippen molar-refractivity contribution < 1.29 is 8.42 Å². The third-order valence-electron chi connectivity index (χ3n) is 2.85. The maximum absolute atomic E-state index is 12.0. The molecule has 0 aliphatic heterocycles. The minimum absolute atomic E-state index is 0.311. The summed E-state index contributed by atoms with van der Waals surface area (Å²) in [6.45, 7) is 1.79. The van der Waals surface area contributed by atoms with Crippen molar-refractivity contribution in [2.75, 3.05) is 0 Å². The van der Waals surface area contributed by atoms with Gasteiger partial charge in [-0.25, -0.2) is 13.1 Å². The molecule has 106 valence electrons. The number of pyridine rings is 1. The number of hydrogen-bond acceptors (Lipinski definition) is 3. The maximum atomic E-state index is 12.0. The fourth-order valence-corrected chi connectivity index (χ4v) is 2.84. The van der Waals surface area contributed by atoms with Crippen molar-refractivity contribution >= 4 is 29.5 Å². The lowest BCUT2D eigenvalue weighted by atomic mass is 10.0. The van der Waals surface area contributed by atoms with Crippen LogP contribution in [0, 0.1) is 0 Å². The summed E-state index contributed by atoms with van der Waals surface area (Å²) < 4.78 is 26.6. The summed E-state index contributed by atoms with van der Waals surface area (Å²) in [7, 11) is 1.99. The Bertz CT molecular complexity index is 730. The average molecular weight is 298 g/mol. The van der Waals surface area contributed by atoms with E-state index in [1.165, 1.54) is 6.08 Å². The second-order valence-electron chi connectivity index (χ2n) is 4.59. The zero-order valence-electron chi connectivity index (χ0n) is 11.6. The molecule has 0 amide bonds. The third kappa shape index (κ3) is 4.84. The summed E-state index contributed by atoms with van der Waals surface area (Å²) in [6, 6.07) is 14.1. The molecule has 2 radical (unpaired) electrons. The van der Waals surface area contributed by atoms with Gasteiger partial charge in [-0.05, 0) is 30.2 Å². The van der Waals surface area contributed by atoms with Crippen LogP contribution in [0.25, 0.3) is 6.08 Å². The lowest BCUT2D eigenvalue weighted by Gasteiger charge is -2.12. The van der Waals surface area contributed by atoms with Gasteiger partial charge in [-0.15, -0.1) is 0 Å². The van der Waals surface area contributed by atoms with Gasteiger partial charge >= 0.3 is 0 Å². The van der Waals surface area contributed by atoms with Crippen molar-refractivity contribution in [3.63, 3.8) is 0 Å². The molecule has 6 heteroatoms. The molecule has 4 nitrogen and oxygen atoms in total. The molecule has 2 aromatic rings. The molecule has 1 aromatic carbocycles. The topological polar surface area (TPSA) is 59.1 Å². The lowest BCUT2D eigenvalue weighted by molar-refractivity contribution is 0.576. The molecule has 0 aliphatic carbocycles. The highest BCUT2D eigenvalue weighted by atomic mass is 32.2. The fourth-order valence-electron chi connectivity index (χ4n) is 1.82. The zero-order valence-corrected chi connectivity index (χ0v) is 12.4. The van der Waals surface area contributed by atoms with E-state index in [0.29, 0.717) is 11.3 Å². The highest BCUT2D eigenvalue weighted by Gasteiger charge is 2.12. The SMILES string of the molecule is [B]c1cccc(/C=C/S(=O)(=O)N[C@@H](C)c2ccccc2)n1. The summed E-state index contributed by atoms with van der Waals surface area (Å²) in [5.74, 6) is 0. The van der Waals surface area contributed by atoms with Gasteiger partial charge in [-0.1, -0.05) is 42.5 Å². The van der Waals surface area contributed by atoms with Crippen molar-refractivity contribution in [1.29, 1.82) is 0 Å². The van der Waals surface area contributed by atoms with Crippen LogP contribution in [-0.4, -0.2) is 21.2 Å². The Morgan fingerprint density at radius 1 is 1.14 bits per heavy atom. The van der Waals surface area contributed by atoms with E-state index in [1.807, 2.05) is 30.3 Å². The van der Waals surface area contributed by atoms with Gasteiger partial charge in [-0.2, -0.15) is 0 Å². The van der Waals surface area contributed by atoms with Crippen LogP contribution in [0.3, 0.4) is 0 Å². The minimum Gasteiger partial charge on any atom is -0.265 e. The molecule has 0 unspecified atom stereocenters. The van der Waals surface area contributed by atoms with Crippen LogP contribution >= 0.6 is 0 Å². The molecule has 1 N–H and O–H groups in total. The Kier molecular flexibility index (Phi) is 4.93. The van der Waals surface area contributed by atoms with Crippen LogP contribution in [-0.2, 0) is 10.0 Å². The number of aromatic nitrogens is 1. The summed E-state index contributed by atoms with van der Waals surface area (Å²) in [5.41, 5.74) is 1.74. The average Bonchev–Trinajstić information content (AvgIpc) is 2.46. The molecule has 0 fully saturated rings. The van der Waals surface area contributed by atoms with E-state index in [-0.39, 0.29) is 6.04 Å². The first-order chi connectivity index (χ1) is 9.96. The van der Waals surface area contributed by atoms with E-state index in [9.17, 15) is 8.42 Å². The Labute approximate surface area is 126 Å². The molecule has 1 atom stereocenters. The molecular formula is C15H15BN2O2S. The van der Waals surface area contributed by atoms with E-state index in [1.54, 1.807) is 25.1 Å². The first-order valence-corrected chi connectivity index (χ1v) is 7.99. The first-order valence-electron chi connectivity index (χ1n) is 6.44. The monoisotopic (exact) mass is 298 g/mol. The van der Waals surface area contributed by atoms with Gasteiger partial charge in [-0.3, -0.25) is 4.98 Å². The predicted molar refractivity (Wildman–Crippen MR) is 85.6 cm³/mol. The Hall–Kier alpha value is -1.92. The molecule has 0 saturated carbocycles. The van der Waals surface area contributed by atoms with Crippen LogP contribution in [0.15, 0.2) is 53.9 Å². The van der Waals surface area contributed by atoms with Crippen LogP contribution < -0.4 is 10.3 Å². The largest absolute Gasteiger partial charge is 0.265 e. The highest BCUT2D eigenvalue weighted by Crippen LogP contribution is 2.13. The Morgan fingerprint density at radius 2 is 1.86 bits per heavy atom. The van der Waals surface area contributed by atoms with Gasteiger partial charge in [0.1, 0.15) is 7.85 Å². The van der Waals surface area contributed by atoms with Crippen molar-refractivity contribution in [3.05, 3.63) is 65.2 Å². The summed E-state index contributed by atoms with van der Waals surface area (Å²) >= 11 is 0. The van der Waals surface area contributed by atoms with Crippen molar-refractivity contribution in [2.24, 2.45) is 0 Å². The van der Waals surface area contributed by atoms with Gasteiger partial charge in [0.2, 0.25) is 10.0 Å². The van der Waals surface area contributed by atoms with Crippen molar-refractivity contribution in [2.45, 2.75) is 13.0 Å². The second kappa shape index (κ2) is 6.69. The number of rotatable bonds is 5. The normalized spacial score (nSPS) is 13.4. The lowest BCUT2D eigenvalue weighted by Crippen LogP contribution is -2.24. The zero-order chi connectivity index (χ0) is 15.3. The van der Waals surface area contributed by atoms with E-state index in [4.69, 9.17) is 7.85 Å². The van der Waals surface area contributed by atoms with Crippen LogP contribution in [0.4, 0.5) is 0 Å². The molecular weight excluding hydrogens is 283 g/mol. The van der Waals surface area contributed by atoms with E-state index < -0.39 is 10.0 Å². The second-order valence-corrected chi connectivity index (χ2v) is 6.18. The highest BCUT2D eigenvalue weighted by molar-refractivity contribution is 7.92. The van der Waals surface area contributed by atoms with Gasteiger partial charge < -0.3 is 0 Å². The summed E-state index contributed by atoms with van der Waals surface area (Å²) in [6.07, 6.45) is 1.41. The smallest absolute Gasteiger partial charge is 0.234 e. The standard InChI is InChI=1S/C15H15BN2O2S/c1-12(13-6-3-2-4-7-13)18-21(19,20)11-10-14-8-5-9-15(16)17-14/h2-12,18H,1H3/b11-10+/t12-/m0/s1. The summed E-state index contributed by atoms with van der Waals surface area (Å²) in [5, 5.41) is 1.09. The molecule has 2 rings (SSSR count). The number of nitrogens with zero attached hydrogens (tertiary/aromatic N) is 1. The van der Waals surface area contributed by atoms with E-state index in [0.717, 1.165) is 11.0 Å². The van der Waals surface area contributed by atoms with Crippen molar-refractivity contribution in [3.8, 4) is 0 Å². The number of hydrogen-bond donors (Lipinski definition) is 1.